The van der Waals surface area contributed by atoms with Gasteiger partial charge in [0.1, 0.15) is 0 Å². The molecule has 0 aliphatic carbocycles. The lowest BCUT2D eigenvalue weighted by atomic mass is 9.94. The number of rotatable bonds is 5. The highest BCUT2D eigenvalue weighted by molar-refractivity contribution is 5.82. The Morgan fingerprint density at radius 2 is 1.86 bits per heavy atom. The lowest BCUT2D eigenvalue weighted by Crippen LogP contribution is -2.34. The Morgan fingerprint density at radius 1 is 1.07 bits per heavy atom. The number of likely N-dealkylation sites (tertiary alicyclic amines) is 2. The minimum atomic E-state index is -0.450. The summed E-state index contributed by atoms with van der Waals surface area (Å²) in [4.78, 5) is 21.4. The summed E-state index contributed by atoms with van der Waals surface area (Å²) in [7, 11) is 0. The van der Waals surface area contributed by atoms with Gasteiger partial charge in [0.2, 0.25) is 5.91 Å². The van der Waals surface area contributed by atoms with E-state index in [1.54, 1.807) is 0 Å². The highest BCUT2D eigenvalue weighted by atomic mass is 16.3. The monoisotopic (exact) mass is 381 g/mol. The van der Waals surface area contributed by atoms with Crippen LogP contribution >= 0.6 is 0 Å². The van der Waals surface area contributed by atoms with E-state index in [-0.39, 0.29) is 11.8 Å². The molecule has 0 spiro atoms. The van der Waals surface area contributed by atoms with E-state index < -0.39 is 6.10 Å². The van der Waals surface area contributed by atoms with Crippen molar-refractivity contribution in [2.45, 2.75) is 44.6 Å². The number of amides is 1. The second kappa shape index (κ2) is 9.01. The maximum absolute atomic E-state index is 12.7. The number of hydrogen-bond donors (Lipinski definition) is 1. The summed E-state index contributed by atoms with van der Waals surface area (Å²) in [6.07, 6.45) is 7.86. The average Bonchev–Trinajstić information content (AvgIpc) is 2.92. The smallest absolute Gasteiger partial charge is 0.223 e. The SMILES string of the molecule is O=C(CCN1CCCCCC1)N1C[C@@H](Cc2ccnc3ccccc23)[C@H](O)C1. The molecule has 1 aromatic heterocycles. The maximum Gasteiger partial charge on any atom is 0.223 e. The Kier molecular flexibility index (Phi) is 6.23. The van der Waals surface area contributed by atoms with Gasteiger partial charge in [-0.25, -0.2) is 0 Å². The molecule has 0 bridgehead atoms. The van der Waals surface area contributed by atoms with Gasteiger partial charge in [-0.05, 0) is 50.0 Å². The Hall–Kier alpha value is -1.98. The molecule has 0 saturated carbocycles. The average molecular weight is 382 g/mol. The molecule has 3 heterocycles. The molecule has 1 amide bonds. The molecule has 2 aromatic rings. The van der Waals surface area contributed by atoms with Crippen LogP contribution in [0.4, 0.5) is 0 Å². The third-order valence-electron chi connectivity index (χ3n) is 6.32. The molecule has 28 heavy (non-hydrogen) atoms. The van der Waals surface area contributed by atoms with E-state index in [0.717, 1.165) is 37.0 Å². The molecule has 0 unspecified atom stereocenters. The summed E-state index contributed by atoms with van der Waals surface area (Å²) in [5.41, 5.74) is 2.19. The highest BCUT2D eigenvalue weighted by Crippen LogP contribution is 2.26. The third kappa shape index (κ3) is 4.53. The molecule has 2 fully saturated rings. The van der Waals surface area contributed by atoms with Crippen LogP contribution in [0.1, 0.15) is 37.7 Å². The van der Waals surface area contributed by atoms with Crippen LogP contribution in [0.15, 0.2) is 36.5 Å². The number of carbonyl (C=O) groups excluding carboxylic acids is 1. The summed E-state index contributed by atoms with van der Waals surface area (Å²) in [6, 6.07) is 10.2. The molecule has 5 nitrogen and oxygen atoms in total. The van der Waals surface area contributed by atoms with Crippen molar-refractivity contribution in [3.8, 4) is 0 Å². The number of fused-ring (bicyclic) bond motifs is 1. The molecule has 0 radical (unpaired) electrons. The molecule has 2 saturated heterocycles. The van der Waals surface area contributed by atoms with E-state index >= 15 is 0 Å². The van der Waals surface area contributed by atoms with Gasteiger partial charge in [0.25, 0.3) is 0 Å². The van der Waals surface area contributed by atoms with E-state index in [0.29, 0.717) is 19.5 Å². The minimum absolute atomic E-state index is 0.0907. The summed E-state index contributed by atoms with van der Waals surface area (Å²) in [5.74, 6) is 0.276. The number of para-hydroxylation sites is 1. The second-order valence-corrected chi connectivity index (χ2v) is 8.32. The molecule has 2 atom stereocenters. The zero-order valence-corrected chi connectivity index (χ0v) is 16.6. The zero-order chi connectivity index (χ0) is 19.3. The fourth-order valence-corrected chi connectivity index (χ4v) is 4.65. The quantitative estimate of drug-likeness (QED) is 0.865. The Balaban J connectivity index is 1.34. The van der Waals surface area contributed by atoms with Crippen LogP contribution in [0, 0.1) is 5.92 Å². The fraction of sp³-hybridized carbons (Fsp3) is 0.565. The topological polar surface area (TPSA) is 56.7 Å². The number of β-amino-alcohol motifs (C(OH)–C–C–N with tert-alkyl or cyclic N) is 1. The van der Waals surface area contributed by atoms with Gasteiger partial charge >= 0.3 is 0 Å². The molecule has 1 aromatic carbocycles. The predicted octanol–water partition coefficient (Wildman–Crippen LogP) is 2.86. The second-order valence-electron chi connectivity index (χ2n) is 8.32. The fourth-order valence-electron chi connectivity index (χ4n) is 4.65. The van der Waals surface area contributed by atoms with Crippen LogP contribution in [0.25, 0.3) is 10.9 Å². The lowest BCUT2D eigenvalue weighted by Gasteiger charge is -2.22. The first-order valence-corrected chi connectivity index (χ1v) is 10.7. The van der Waals surface area contributed by atoms with Crippen molar-refractivity contribution in [3.05, 3.63) is 42.1 Å². The Morgan fingerprint density at radius 3 is 2.68 bits per heavy atom. The van der Waals surface area contributed by atoms with Crippen LogP contribution in [-0.2, 0) is 11.2 Å². The van der Waals surface area contributed by atoms with Crippen LogP contribution < -0.4 is 0 Å². The predicted molar refractivity (Wildman–Crippen MR) is 111 cm³/mol. The molecule has 2 aliphatic heterocycles. The number of carbonyl (C=O) groups is 1. The normalized spacial score (nSPS) is 23.8. The van der Waals surface area contributed by atoms with E-state index in [4.69, 9.17) is 0 Å². The third-order valence-corrected chi connectivity index (χ3v) is 6.32. The number of aliphatic hydroxyl groups is 1. The summed E-state index contributed by atoms with van der Waals surface area (Å²) < 4.78 is 0. The zero-order valence-electron chi connectivity index (χ0n) is 16.6. The van der Waals surface area contributed by atoms with Gasteiger partial charge < -0.3 is 14.9 Å². The van der Waals surface area contributed by atoms with Crippen molar-refractivity contribution in [1.82, 2.24) is 14.8 Å². The van der Waals surface area contributed by atoms with Crippen molar-refractivity contribution in [2.24, 2.45) is 5.92 Å². The van der Waals surface area contributed by atoms with Crippen LogP contribution in [-0.4, -0.2) is 64.6 Å². The molecule has 4 rings (SSSR count). The van der Waals surface area contributed by atoms with Crippen molar-refractivity contribution in [1.29, 1.82) is 0 Å². The molecular formula is C23H31N3O2. The first-order valence-electron chi connectivity index (χ1n) is 10.7. The molecular weight excluding hydrogens is 350 g/mol. The molecule has 150 valence electrons. The number of hydrogen-bond acceptors (Lipinski definition) is 4. The van der Waals surface area contributed by atoms with Gasteiger partial charge in [-0.3, -0.25) is 9.78 Å². The van der Waals surface area contributed by atoms with Gasteiger partial charge in [-0.15, -0.1) is 0 Å². The maximum atomic E-state index is 12.7. The number of aliphatic hydroxyl groups excluding tert-OH is 1. The largest absolute Gasteiger partial charge is 0.391 e. The minimum Gasteiger partial charge on any atom is -0.391 e. The number of aromatic nitrogens is 1. The first-order chi connectivity index (χ1) is 13.7. The van der Waals surface area contributed by atoms with E-state index in [1.807, 2.05) is 35.4 Å². The summed E-state index contributed by atoms with van der Waals surface area (Å²) >= 11 is 0. The van der Waals surface area contributed by atoms with Gasteiger partial charge in [0, 0.05) is 43.6 Å². The number of benzene rings is 1. The van der Waals surface area contributed by atoms with E-state index in [9.17, 15) is 9.90 Å². The van der Waals surface area contributed by atoms with Crippen LogP contribution in [0.5, 0.6) is 0 Å². The molecule has 2 aliphatic rings. The van der Waals surface area contributed by atoms with Crippen molar-refractivity contribution in [2.75, 3.05) is 32.7 Å². The standard InChI is InChI=1S/C23H31N3O2/c27-22-17-26(23(28)10-14-25-12-5-1-2-6-13-25)16-19(22)15-18-9-11-24-21-8-4-3-7-20(18)21/h3-4,7-9,11,19,22,27H,1-2,5-6,10,12-17H2/t19-,22-/m1/s1. The van der Waals surface area contributed by atoms with Crippen LogP contribution in [0.3, 0.4) is 0 Å². The van der Waals surface area contributed by atoms with Gasteiger partial charge in [-0.1, -0.05) is 31.0 Å². The Bertz CT molecular complexity index is 796. The van der Waals surface area contributed by atoms with Crippen molar-refractivity contribution < 1.29 is 9.90 Å². The van der Waals surface area contributed by atoms with E-state index in [2.05, 4.69) is 16.0 Å². The highest BCUT2D eigenvalue weighted by Gasteiger charge is 2.34. The van der Waals surface area contributed by atoms with Crippen molar-refractivity contribution in [3.63, 3.8) is 0 Å². The molecule has 5 heteroatoms. The molecule has 1 N–H and O–H groups in total. The van der Waals surface area contributed by atoms with Gasteiger partial charge in [0.15, 0.2) is 0 Å². The lowest BCUT2D eigenvalue weighted by molar-refractivity contribution is -0.130. The first kappa shape index (κ1) is 19.3. The van der Waals surface area contributed by atoms with Crippen molar-refractivity contribution >= 4 is 16.8 Å². The number of pyridine rings is 1. The van der Waals surface area contributed by atoms with E-state index in [1.165, 1.54) is 31.2 Å². The van der Waals surface area contributed by atoms with Gasteiger partial charge in [-0.2, -0.15) is 0 Å². The van der Waals surface area contributed by atoms with Gasteiger partial charge in [0.05, 0.1) is 11.6 Å². The number of nitrogens with zero attached hydrogens (tertiary/aromatic N) is 3. The summed E-state index contributed by atoms with van der Waals surface area (Å²) in [6.45, 7) is 4.20. The summed E-state index contributed by atoms with van der Waals surface area (Å²) in [5, 5.41) is 11.7. The Labute approximate surface area is 167 Å². The van der Waals surface area contributed by atoms with Crippen LogP contribution in [0.2, 0.25) is 0 Å².